The molecule has 0 saturated heterocycles. The van der Waals surface area contributed by atoms with Crippen LogP contribution in [0.1, 0.15) is 72.1 Å². The first-order valence-corrected chi connectivity index (χ1v) is 11.2. The van der Waals surface area contributed by atoms with Gasteiger partial charge in [-0.05, 0) is 55.4 Å². The van der Waals surface area contributed by atoms with Gasteiger partial charge in [0.05, 0.1) is 0 Å². The normalized spacial score (nSPS) is 42.7. The summed E-state index contributed by atoms with van der Waals surface area (Å²) in [4.78, 5) is 49.9. The van der Waals surface area contributed by atoms with Crippen LogP contribution in [-0.2, 0) is 23.9 Å². The molecule has 0 aromatic heterocycles. The Bertz CT molecular complexity index is 843. The van der Waals surface area contributed by atoms with Crippen LogP contribution in [0, 0.1) is 28.6 Å². The first-order chi connectivity index (χ1) is 14.1. The fraction of sp³-hybridized carbons (Fsp3) is 0.750. The number of hydrogen-bond acceptors (Lipinski definition) is 6. The predicted octanol–water partition coefficient (Wildman–Crippen LogP) is 2.95. The smallest absolute Gasteiger partial charge is 0.305 e. The van der Waals surface area contributed by atoms with Crippen molar-refractivity contribution in [2.24, 2.45) is 28.6 Å². The molecule has 3 saturated carbocycles. The number of hydrogen-bond donors (Lipinski definition) is 1. The van der Waals surface area contributed by atoms with Crippen LogP contribution in [0.15, 0.2) is 11.6 Å². The number of rotatable bonds is 4. The molecule has 4 aliphatic rings. The lowest BCUT2D eigenvalue weighted by Crippen LogP contribution is -2.61. The molecular formula is C24H32O6. The van der Waals surface area contributed by atoms with Crippen molar-refractivity contribution in [2.75, 3.05) is 6.61 Å². The van der Waals surface area contributed by atoms with Gasteiger partial charge >= 0.3 is 5.97 Å². The second-order valence-electron chi connectivity index (χ2n) is 10.2. The molecule has 1 N–H and O–H groups in total. The lowest BCUT2D eigenvalue weighted by molar-refractivity contribution is -0.173. The molecule has 6 atom stereocenters. The highest BCUT2D eigenvalue weighted by atomic mass is 16.5. The van der Waals surface area contributed by atoms with Gasteiger partial charge in [-0.25, -0.2) is 0 Å². The number of esters is 1. The molecule has 0 radical (unpaired) electrons. The minimum absolute atomic E-state index is 0.0621. The summed E-state index contributed by atoms with van der Waals surface area (Å²) in [6.45, 7) is 5.20. The summed E-state index contributed by atoms with van der Waals surface area (Å²) < 4.78 is 5.01. The number of carbonyl (C=O) groups is 4. The van der Waals surface area contributed by atoms with E-state index in [1.54, 1.807) is 13.0 Å². The monoisotopic (exact) mass is 416 g/mol. The van der Waals surface area contributed by atoms with E-state index in [0.717, 1.165) is 18.4 Å². The Balaban J connectivity index is 1.63. The highest BCUT2D eigenvalue weighted by molar-refractivity contribution is 5.95. The molecule has 0 aromatic rings. The quantitative estimate of drug-likeness (QED) is 0.708. The Kier molecular flexibility index (Phi) is 5.08. The van der Waals surface area contributed by atoms with Crippen molar-refractivity contribution in [3.63, 3.8) is 0 Å². The average Bonchev–Trinajstić information content (AvgIpc) is 2.97. The standard InChI is InChI=1S/C24H32O6/c1-4-20(28)30-13-19(27)24(29)10-8-17-16-6-5-14-11-15(25)7-9-22(14,2)21(16)18(26)12-23(17,24)3/h11,16-17,21,29H,4-10,12-13H2,1-3H3/t16-,17-,21+,22-,23-,24+/m0/s1. The van der Waals surface area contributed by atoms with Gasteiger partial charge < -0.3 is 9.84 Å². The molecule has 0 aliphatic heterocycles. The van der Waals surface area contributed by atoms with Crippen molar-refractivity contribution >= 4 is 23.3 Å². The zero-order chi connectivity index (χ0) is 21.9. The third-order valence-electron chi connectivity index (χ3n) is 8.92. The Morgan fingerprint density at radius 1 is 1.17 bits per heavy atom. The summed E-state index contributed by atoms with van der Waals surface area (Å²) in [5.74, 6) is -0.710. The number of fused-ring (bicyclic) bond motifs is 5. The number of allylic oxidation sites excluding steroid dienone is 1. The van der Waals surface area contributed by atoms with E-state index in [2.05, 4.69) is 6.92 Å². The largest absolute Gasteiger partial charge is 0.458 e. The molecule has 0 aromatic carbocycles. The van der Waals surface area contributed by atoms with E-state index in [1.165, 1.54) is 0 Å². The topological polar surface area (TPSA) is 97.7 Å². The average molecular weight is 417 g/mol. The Labute approximate surface area is 177 Å². The SMILES string of the molecule is CCC(=O)OCC(=O)[C@]1(O)CC[C@H]2[C@@H]3CCC4=CC(=O)CC[C@]4(C)[C@H]3C(=O)C[C@@]21C. The predicted molar refractivity (Wildman–Crippen MR) is 108 cm³/mol. The van der Waals surface area contributed by atoms with Gasteiger partial charge in [-0.3, -0.25) is 19.2 Å². The summed E-state index contributed by atoms with van der Waals surface area (Å²) in [6.07, 6.45) is 5.84. The second-order valence-corrected chi connectivity index (χ2v) is 10.2. The molecule has 0 spiro atoms. The van der Waals surface area contributed by atoms with E-state index in [0.29, 0.717) is 25.7 Å². The molecule has 0 heterocycles. The third-order valence-corrected chi connectivity index (χ3v) is 8.92. The molecule has 30 heavy (non-hydrogen) atoms. The number of ether oxygens (including phenoxy) is 1. The first-order valence-electron chi connectivity index (χ1n) is 11.2. The zero-order valence-electron chi connectivity index (χ0n) is 18.2. The summed E-state index contributed by atoms with van der Waals surface area (Å²) in [6, 6.07) is 0. The Morgan fingerprint density at radius 2 is 1.90 bits per heavy atom. The van der Waals surface area contributed by atoms with Gasteiger partial charge in [0.1, 0.15) is 11.4 Å². The van der Waals surface area contributed by atoms with Gasteiger partial charge in [0.2, 0.25) is 5.78 Å². The van der Waals surface area contributed by atoms with Crippen LogP contribution in [0.5, 0.6) is 0 Å². The van der Waals surface area contributed by atoms with Gasteiger partial charge in [-0.15, -0.1) is 0 Å². The third kappa shape index (κ3) is 2.86. The van der Waals surface area contributed by atoms with Gasteiger partial charge in [0.15, 0.2) is 12.4 Å². The summed E-state index contributed by atoms with van der Waals surface area (Å²) in [7, 11) is 0. The second kappa shape index (κ2) is 7.11. The van der Waals surface area contributed by atoms with Crippen LogP contribution in [0.3, 0.4) is 0 Å². The highest BCUT2D eigenvalue weighted by Crippen LogP contribution is 2.66. The molecule has 164 valence electrons. The fourth-order valence-electron chi connectivity index (χ4n) is 7.21. The molecule has 6 heteroatoms. The van der Waals surface area contributed by atoms with Crippen molar-refractivity contribution < 1.29 is 29.0 Å². The van der Waals surface area contributed by atoms with Gasteiger partial charge in [-0.2, -0.15) is 0 Å². The number of ketones is 3. The number of Topliss-reactive ketones (excluding diaryl/α,β-unsaturated/α-hetero) is 2. The molecule has 4 aliphatic carbocycles. The van der Waals surface area contributed by atoms with Crippen LogP contribution >= 0.6 is 0 Å². The van der Waals surface area contributed by atoms with Gasteiger partial charge in [0, 0.05) is 30.6 Å². The van der Waals surface area contributed by atoms with Crippen LogP contribution in [0.4, 0.5) is 0 Å². The summed E-state index contributed by atoms with van der Waals surface area (Å²) >= 11 is 0. The number of carbonyl (C=O) groups excluding carboxylic acids is 4. The van der Waals surface area contributed by atoms with Gasteiger partial charge in [-0.1, -0.05) is 26.3 Å². The summed E-state index contributed by atoms with van der Waals surface area (Å²) in [5.41, 5.74) is -1.68. The minimum Gasteiger partial charge on any atom is -0.458 e. The molecule has 3 fully saturated rings. The molecule has 6 nitrogen and oxygen atoms in total. The van der Waals surface area contributed by atoms with E-state index in [4.69, 9.17) is 4.74 Å². The van der Waals surface area contributed by atoms with Crippen LogP contribution in [0.2, 0.25) is 0 Å². The first kappa shape index (κ1) is 21.4. The van der Waals surface area contributed by atoms with E-state index >= 15 is 0 Å². The Morgan fingerprint density at radius 3 is 2.60 bits per heavy atom. The van der Waals surface area contributed by atoms with Crippen LogP contribution < -0.4 is 0 Å². The highest BCUT2D eigenvalue weighted by Gasteiger charge is 2.68. The van der Waals surface area contributed by atoms with E-state index in [-0.39, 0.29) is 47.6 Å². The minimum atomic E-state index is -1.65. The number of aliphatic hydroxyl groups is 1. The lowest BCUT2D eigenvalue weighted by Gasteiger charge is -2.57. The van der Waals surface area contributed by atoms with Crippen molar-refractivity contribution in [2.45, 2.75) is 77.7 Å². The van der Waals surface area contributed by atoms with Crippen molar-refractivity contribution in [3.05, 3.63) is 11.6 Å². The van der Waals surface area contributed by atoms with Crippen LogP contribution in [0.25, 0.3) is 0 Å². The van der Waals surface area contributed by atoms with E-state index < -0.39 is 29.4 Å². The summed E-state index contributed by atoms with van der Waals surface area (Å²) in [5, 5.41) is 11.5. The van der Waals surface area contributed by atoms with Crippen LogP contribution in [-0.4, -0.2) is 40.6 Å². The maximum absolute atomic E-state index is 13.5. The maximum Gasteiger partial charge on any atom is 0.305 e. The van der Waals surface area contributed by atoms with Crippen molar-refractivity contribution in [3.8, 4) is 0 Å². The Hall–Kier alpha value is -1.82. The molecule has 0 bridgehead atoms. The molecule has 0 amide bonds. The lowest BCUT2D eigenvalue weighted by atomic mass is 9.46. The molecule has 4 rings (SSSR count). The van der Waals surface area contributed by atoms with Crippen molar-refractivity contribution in [1.82, 2.24) is 0 Å². The van der Waals surface area contributed by atoms with E-state index in [9.17, 15) is 24.3 Å². The van der Waals surface area contributed by atoms with Crippen molar-refractivity contribution in [1.29, 1.82) is 0 Å². The fourth-order valence-corrected chi connectivity index (χ4v) is 7.21. The molecule has 0 unspecified atom stereocenters. The zero-order valence-corrected chi connectivity index (χ0v) is 18.2. The van der Waals surface area contributed by atoms with E-state index in [1.807, 2.05) is 6.92 Å². The molecular weight excluding hydrogens is 384 g/mol. The maximum atomic E-state index is 13.5. The van der Waals surface area contributed by atoms with Gasteiger partial charge in [0.25, 0.3) is 0 Å².